The monoisotopic (exact) mass is 342 g/mol. The number of thioether (sulfide) groups is 1. The molecule has 9 heteroatoms. The first kappa shape index (κ1) is 15.9. The zero-order chi connectivity index (χ0) is 16.9. The van der Waals surface area contributed by atoms with Crippen LogP contribution in [0, 0.1) is 0 Å². The molecule has 2 N–H and O–H groups in total. The molecule has 122 valence electrons. The van der Waals surface area contributed by atoms with Crippen LogP contribution in [0.3, 0.4) is 0 Å². The van der Waals surface area contributed by atoms with E-state index in [-0.39, 0.29) is 5.75 Å². The van der Waals surface area contributed by atoms with Gasteiger partial charge < -0.3 is 5.32 Å². The highest BCUT2D eigenvalue weighted by atomic mass is 32.2. The predicted octanol–water partition coefficient (Wildman–Crippen LogP) is 1.36. The molecule has 0 fully saturated rings. The summed E-state index contributed by atoms with van der Waals surface area (Å²) in [4.78, 5) is 31.3. The van der Waals surface area contributed by atoms with Crippen molar-refractivity contribution in [2.24, 2.45) is 0 Å². The van der Waals surface area contributed by atoms with Crippen molar-refractivity contribution in [3.8, 4) is 5.69 Å². The molecule has 3 amide bonds. The molecule has 1 aromatic carbocycles. The van der Waals surface area contributed by atoms with Gasteiger partial charge in [-0.15, -0.1) is 0 Å². The molecule has 2 heterocycles. The van der Waals surface area contributed by atoms with Gasteiger partial charge in [0, 0.05) is 7.05 Å². The van der Waals surface area contributed by atoms with Gasteiger partial charge in [0.05, 0.1) is 23.0 Å². The SMILES string of the molecule is CNC(=O)NC(=O)CSc1ncnc2c1cnn2-c1ccccc1. The topological polar surface area (TPSA) is 102 Å². The lowest BCUT2D eigenvalue weighted by molar-refractivity contribution is -0.117. The first-order valence-corrected chi connectivity index (χ1v) is 8.06. The van der Waals surface area contributed by atoms with E-state index in [1.807, 2.05) is 30.3 Å². The molecule has 0 aliphatic heterocycles. The molecule has 0 saturated heterocycles. The maximum Gasteiger partial charge on any atom is 0.321 e. The van der Waals surface area contributed by atoms with E-state index in [9.17, 15) is 9.59 Å². The molecule has 24 heavy (non-hydrogen) atoms. The van der Waals surface area contributed by atoms with Gasteiger partial charge in [-0.25, -0.2) is 19.4 Å². The van der Waals surface area contributed by atoms with Crippen LogP contribution < -0.4 is 10.6 Å². The number of aromatic nitrogens is 4. The highest BCUT2D eigenvalue weighted by Crippen LogP contribution is 2.25. The van der Waals surface area contributed by atoms with Gasteiger partial charge in [-0.3, -0.25) is 10.1 Å². The minimum Gasteiger partial charge on any atom is -0.341 e. The summed E-state index contributed by atoms with van der Waals surface area (Å²) in [5.41, 5.74) is 1.55. The molecule has 0 atom stereocenters. The van der Waals surface area contributed by atoms with Crippen molar-refractivity contribution in [2.45, 2.75) is 5.03 Å². The molecule has 0 bridgehead atoms. The number of rotatable bonds is 4. The van der Waals surface area contributed by atoms with Gasteiger partial charge >= 0.3 is 6.03 Å². The fourth-order valence-corrected chi connectivity index (χ4v) is 2.82. The number of benzene rings is 1. The van der Waals surface area contributed by atoms with Gasteiger partial charge in [-0.2, -0.15) is 5.10 Å². The molecular formula is C15H14N6O2S. The Morgan fingerprint density at radius 2 is 2.00 bits per heavy atom. The fraction of sp³-hybridized carbons (Fsp3) is 0.133. The molecule has 0 radical (unpaired) electrons. The van der Waals surface area contributed by atoms with Crippen LogP contribution in [-0.2, 0) is 4.79 Å². The van der Waals surface area contributed by atoms with Crippen molar-refractivity contribution >= 4 is 34.7 Å². The average molecular weight is 342 g/mol. The smallest absolute Gasteiger partial charge is 0.321 e. The molecule has 8 nitrogen and oxygen atoms in total. The number of carbonyl (C=O) groups excluding carboxylic acids is 2. The second-order valence-corrected chi connectivity index (χ2v) is 5.69. The second-order valence-electron chi connectivity index (χ2n) is 4.72. The Labute approximate surface area is 141 Å². The van der Waals surface area contributed by atoms with Gasteiger partial charge in [0.25, 0.3) is 0 Å². The van der Waals surface area contributed by atoms with Gasteiger partial charge in [-0.1, -0.05) is 30.0 Å². The van der Waals surface area contributed by atoms with Crippen LogP contribution in [0.1, 0.15) is 0 Å². The molecular weight excluding hydrogens is 328 g/mol. The van der Waals surface area contributed by atoms with Crippen LogP contribution in [0.2, 0.25) is 0 Å². The Kier molecular flexibility index (Phi) is 4.71. The molecule has 3 aromatic rings. The summed E-state index contributed by atoms with van der Waals surface area (Å²) < 4.78 is 1.71. The van der Waals surface area contributed by atoms with E-state index in [1.54, 1.807) is 10.9 Å². The van der Waals surface area contributed by atoms with Crippen LogP contribution >= 0.6 is 11.8 Å². The van der Waals surface area contributed by atoms with Crippen LogP contribution in [0.25, 0.3) is 16.7 Å². The van der Waals surface area contributed by atoms with Gasteiger partial charge in [0.2, 0.25) is 5.91 Å². The molecule has 0 aliphatic carbocycles. The molecule has 0 unspecified atom stereocenters. The lowest BCUT2D eigenvalue weighted by Gasteiger charge is -2.04. The number of nitrogens with zero attached hydrogens (tertiary/aromatic N) is 4. The number of para-hydroxylation sites is 1. The Morgan fingerprint density at radius 3 is 2.75 bits per heavy atom. The van der Waals surface area contributed by atoms with E-state index >= 15 is 0 Å². The Bertz CT molecular complexity index is 880. The zero-order valence-corrected chi connectivity index (χ0v) is 13.6. The standard InChI is InChI=1S/C15H14N6O2S/c1-16-15(23)20-12(22)8-24-14-11-7-19-21(13(11)17-9-18-14)10-5-3-2-4-6-10/h2-7,9H,8H2,1H3,(H2,16,20,22,23). The van der Waals surface area contributed by atoms with Gasteiger partial charge in [0.15, 0.2) is 5.65 Å². The quantitative estimate of drug-likeness (QED) is 0.548. The number of carbonyl (C=O) groups is 2. The first-order chi connectivity index (χ1) is 11.7. The van der Waals surface area contributed by atoms with E-state index < -0.39 is 11.9 Å². The summed E-state index contributed by atoms with van der Waals surface area (Å²) in [5, 5.41) is 10.3. The van der Waals surface area contributed by atoms with Crippen molar-refractivity contribution in [2.75, 3.05) is 12.8 Å². The van der Waals surface area contributed by atoms with E-state index in [0.29, 0.717) is 10.7 Å². The number of fused-ring (bicyclic) bond motifs is 1. The lowest BCUT2D eigenvalue weighted by Crippen LogP contribution is -2.38. The number of nitrogens with one attached hydrogen (secondary N) is 2. The number of amides is 3. The van der Waals surface area contributed by atoms with Crippen LogP contribution in [0.15, 0.2) is 47.9 Å². The average Bonchev–Trinajstić information content (AvgIpc) is 3.05. The summed E-state index contributed by atoms with van der Waals surface area (Å²) in [7, 11) is 1.45. The number of hydrogen-bond donors (Lipinski definition) is 2. The minimum atomic E-state index is -0.537. The van der Waals surface area contributed by atoms with Crippen molar-refractivity contribution in [1.29, 1.82) is 0 Å². The van der Waals surface area contributed by atoms with Gasteiger partial charge in [0.1, 0.15) is 11.4 Å². The Morgan fingerprint density at radius 1 is 1.21 bits per heavy atom. The largest absolute Gasteiger partial charge is 0.341 e. The van der Waals surface area contributed by atoms with E-state index in [1.165, 1.54) is 25.1 Å². The lowest BCUT2D eigenvalue weighted by atomic mass is 10.3. The molecule has 0 spiro atoms. The summed E-state index contributed by atoms with van der Waals surface area (Å²) in [5.74, 6) is -0.336. The van der Waals surface area contributed by atoms with E-state index in [0.717, 1.165) is 11.1 Å². The summed E-state index contributed by atoms with van der Waals surface area (Å²) in [6, 6.07) is 9.09. The highest BCUT2D eigenvalue weighted by Gasteiger charge is 2.13. The van der Waals surface area contributed by atoms with E-state index in [4.69, 9.17) is 0 Å². The highest BCUT2D eigenvalue weighted by molar-refractivity contribution is 8.00. The third kappa shape index (κ3) is 3.35. The number of imide groups is 1. The van der Waals surface area contributed by atoms with Crippen LogP contribution in [0.5, 0.6) is 0 Å². The fourth-order valence-electron chi connectivity index (χ4n) is 2.05. The normalized spacial score (nSPS) is 10.5. The van der Waals surface area contributed by atoms with Crippen molar-refractivity contribution < 1.29 is 9.59 Å². The molecule has 0 aliphatic rings. The maximum atomic E-state index is 11.7. The summed E-state index contributed by atoms with van der Waals surface area (Å²) >= 11 is 1.22. The van der Waals surface area contributed by atoms with Crippen molar-refractivity contribution in [3.63, 3.8) is 0 Å². The summed E-state index contributed by atoms with van der Waals surface area (Å²) in [6.07, 6.45) is 3.10. The number of hydrogen-bond acceptors (Lipinski definition) is 6. The zero-order valence-electron chi connectivity index (χ0n) is 12.8. The Balaban J connectivity index is 1.82. The molecule has 2 aromatic heterocycles. The minimum absolute atomic E-state index is 0.0655. The molecule has 3 rings (SSSR count). The second kappa shape index (κ2) is 7.09. The van der Waals surface area contributed by atoms with Crippen molar-refractivity contribution in [1.82, 2.24) is 30.4 Å². The number of urea groups is 1. The third-order valence-corrected chi connectivity index (χ3v) is 4.16. The molecule has 0 saturated carbocycles. The van der Waals surface area contributed by atoms with Crippen LogP contribution in [0.4, 0.5) is 4.79 Å². The predicted molar refractivity (Wildman–Crippen MR) is 90.0 cm³/mol. The third-order valence-electron chi connectivity index (χ3n) is 3.15. The maximum absolute atomic E-state index is 11.7. The van der Waals surface area contributed by atoms with E-state index in [2.05, 4.69) is 25.7 Å². The summed E-state index contributed by atoms with van der Waals surface area (Å²) in [6.45, 7) is 0. The van der Waals surface area contributed by atoms with Crippen LogP contribution in [-0.4, -0.2) is 44.5 Å². The first-order valence-electron chi connectivity index (χ1n) is 7.07. The van der Waals surface area contributed by atoms with Gasteiger partial charge in [-0.05, 0) is 12.1 Å². The Hall–Kier alpha value is -2.94. The van der Waals surface area contributed by atoms with Crippen molar-refractivity contribution in [3.05, 3.63) is 42.9 Å².